The number of rotatable bonds is 6. The summed E-state index contributed by atoms with van der Waals surface area (Å²) in [5.74, 6) is -1.10. The number of nitrogens with one attached hydrogen (secondary N) is 2. The van der Waals surface area contributed by atoms with Gasteiger partial charge in [0.05, 0.1) is 0 Å². The number of anilines is 2. The number of carbonyl (C=O) groups is 1. The van der Waals surface area contributed by atoms with E-state index in [1.54, 1.807) is 30.3 Å². The van der Waals surface area contributed by atoms with Gasteiger partial charge in [-0.15, -0.1) is 0 Å². The highest BCUT2D eigenvalue weighted by atomic mass is 19.1. The average Bonchev–Trinajstić information content (AvgIpc) is 2.64. The third kappa shape index (κ3) is 4.86. The molecule has 0 spiro atoms. The summed E-state index contributed by atoms with van der Waals surface area (Å²) in [6.07, 6.45) is 2.24. The number of carbonyl (C=O) groups excluding carboxylic acids is 1. The Kier molecular flexibility index (Phi) is 5.53. The first-order chi connectivity index (χ1) is 12.6. The number of halogens is 2. The monoisotopic (exact) mass is 353 g/mol. The minimum atomic E-state index is -0.424. The molecule has 0 bridgehead atoms. The SMILES string of the molecule is O=C(Nc1cccc(F)c1)c1cc(NCCc2ccc(F)cc2)ccn1. The zero-order chi connectivity index (χ0) is 18.4. The summed E-state index contributed by atoms with van der Waals surface area (Å²) in [5.41, 5.74) is 2.34. The molecule has 2 N–H and O–H groups in total. The summed E-state index contributed by atoms with van der Waals surface area (Å²) in [4.78, 5) is 16.3. The Morgan fingerprint density at radius 1 is 0.923 bits per heavy atom. The van der Waals surface area contributed by atoms with Gasteiger partial charge in [-0.05, 0) is 54.4 Å². The molecule has 0 aliphatic heterocycles. The van der Waals surface area contributed by atoms with Crippen molar-refractivity contribution in [1.82, 2.24) is 4.98 Å². The van der Waals surface area contributed by atoms with Crippen molar-refractivity contribution in [3.05, 3.63) is 89.8 Å². The van der Waals surface area contributed by atoms with Crippen LogP contribution in [0.2, 0.25) is 0 Å². The largest absolute Gasteiger partial charge is 0.385 e. The molecule has 0 aliphatic rings. The Balaban J connectivity index is 1.58. The molecule has 0 fully saturated rings. The van der Waals surface area contributed by atoms with E-state index in [4.69, 9.17) is 0 Å². The Morgan fingerprint density at radius 2 is 1.73 bits per heavy atom. The van der Waals surface area contributed by atoms with Crippen molar-refractivity contribution in [2.24, 2.45) is 0 Å². The average molecular weight is 353 g/mol. The standard InChI is InChI=1S/C20H17F2N3O/c21-15-6-4-14(5-7-15)8-10-23-17-9-11-24-19(13-17)20(26)25-18-3-1-2-16(22)12-18/h1-7,9,11-13H,8,10H2,(H,23,24)(H,25,26). The minimum absolute atomic E-state index is 0.223. The number of hydrogen-bond donors (Lipinski definition) is 2. The van der Waals surface area contributed by atoms with Crippen LogP contribution < -0.4 is 10.6 Å². The number of pyridine rings is 1. The molecule has 0 saturated carbocycles. The number of nitrogens with zero attached hydrogens (tertiary/aromatic N) is 1. The van der Waals surface area contributed by atoms with Gasteiger partial charge >= 0.3 is 0 Å². The van der Waals surface area contributed by atoms with E-state index in [-0.39, 0.29) is 11.5 Å². The molecule has 2 aromatic carbocycles. The Morgan fingerprint density at radius 3 is 2.50 bits per heavy atom. The van der Waals surface area contributed by atoms with Crippen molar-refractivity contribution >= 4 is 17.3 Å². The lowest BCUT2D eigenvalue weighted by Gasteiger charge is -2.09. The Labute approximate surface area is 149 Å². The minimum Gasteiger partial charge on any atom is -0.385 e. The van der Waals surface area contributed by atoms with Crippen LogP contribution in [-0.2, 0) is 6.42 Å². The van der Waals surface area contributed by atoms with Crippen molar-refractivity contribution in [3.63, 3.8) is 0 Å². The van der Waals surface area contributed by atoms with Crippen LogP contribution in [0.4, 0.5) is 20.2 Å². The fraction of sp³-hybridized carbons (Fsp3) is 0.100. The van der Waals surface area contributed by atoms with E-state index in [0.29, 0.717) is 18.7 Å². The van der Waals surface area contributed by atoms with Crippen molar-refractivity contribution in [3.8, 4) is 0 Å². The van der Waals surface area contributed by atoms with Gasteiger partial charge in [0, 0.05) is 24.1 Å². The second-order valence-corrected chi connectivity index (χ2v) is 5.70. The first kappa shape index (κ1) is 17.5. The molecule has 3 aromatic rings. The normalized spacial score (nSPS) is 10.4. The van der Waals surface area contributed by atoms with E-state index in [0.717, 1.165) is 11.3 Å². The van der Waals surface area contributed by atoms with Gasteiger partial charge in [0.1, 0.15) is 17.3 Å². The maximum atomic E-state index is 13.2. The maximum absolute atomic E-state index is 13.2. The van der Waals surface area contributed by atoms with Crippen LogP contribution in [0.25, 0.3) is 0 Å². The van der Waals surface area contributed by atoms with Gasteiger partial charge in [-0.3, -0.25) is 9.78 Å². The quantitative estimate of drug-likeness (QED) is 0.696. The van der Waals surface area contributed by atoms with E-state index < -0.39 is 11.7 Å². The van der Waals surface area contributed by atoms with Gasteiger partial charge in [-0.25, -0.2) is 8.78 Å². The summed E-state index contributed by atoms with van der Waals surface area (Å²) >= 11 is 0. The Bertz CT molecular complexity index is 898. The predicted molar refractivity (Wildman–Crippen MR) is 97.2 cm³/mol. The van der Waals surface area contributed by atoms with E-state index >= 15 is 0 Å². The fourth-order valence-electron chi connectivity index (χ4n) is 2.43. The number of aromatic nitrogens is 1. The van der Waals surface area contributed by atoms with Gasteiger partial charge in [0.15, 0.2) is 0 Å². The molecule has 4 nitrogen and oxygen atoms in total. The summed E-state index contributed by atoms with van der Waals surface area (Å²) < 4.78 is 26.1. The second-order valence-electron chi connectivity index (χ2n) is 5.70. The van der Waals surface area contributed by atoms with Crippen LogP contribution in [0.15, 0.2) is 66.9 Å². The first-order valence-electron chi connectivity index (χ1n) is 8.11. The molecule has 1 amide bonds. The number of amides is 1. The van der Waals surface area contributed by atoms with E-state index in [9.17, 15) is 13.6 Å². The highest BCUT2D eigenvalue weighted by molar-refractivity contribution is 6.03. The molecule has 0 unspecified atom stereocenters. The lowest BCUT2D eigenvalue weighted by Crippen LogP contribution is -2.14. The molecule has 0 atom stereocenters. The van der Waals surface area contributed by atoms with Gasteiger partial charge < -0.3 is 10.6 Å². The molecule has 6 heteroatoms. The number of hydrogen-bond acceptors (Lipinski definition) is 3. The molecule has 0 aliphatic carbocycles. The second kappa shape index (κ2) is 8.20. The van der Waals surface area contributed by atoms with E-state index in [1.807, 2.05) is 0 Å². The highest BCUT2D eigenvalue weighted by Gasteiger charge is 2.09. The molecule has 132 valence electrons. The molecule has 1 heterocycles. The molecular formula is C20H17F2N3O. The third-order valence-electron chi connectivity index (χ3n) is 3.73. The molecular weight excluding hydrogens is 336 g/mol. The summed E-state index contributed by atoms with van der Waals surface area (Å²) in [6, 6.07) is 15.4. The molecule has 26 heavy (non-hydrogen) atoms. The smallest absolute Gasteiger partial charge is 0.274 e. The van der Waals surface area contributed by atoms with Crippen LogP contribution in [-0.4, -0.2) is 17.4 Å². The zero-order valence-electron chi connectivity index (χ0n) is 13.9. The van der Waals surface area contributed by atoms with Crippen LogP contribution in [0.1, 0.15) is 16.1 Å². The van der Waals surface area contributed by atoms with Crippen LogP contribution in [0.5, 0.6) is 0 Å². The van der Waals surface area contributed by atoms with Crippen molar-refractivity contribution in [2.75, 3.05) is 17.2 Å². The van der Waals surface area contributed by atoms with Gasteiger partial charge in [0.2, 0.25) is 0 Å². The highest BCUT2D eigenvalue weighted by Crippen LogP contribution is 2.13. The van der Waals surface area contributed by atoms with Crippen molar-refractivity contribution in [2.45, 2.75) is 6.42 Å². The fourth-order valence-corrected chi connectivity index (χ4v) is 2.43. The predicted octanol–water partition coefficient (Wildman–Crippen LogP) is 4.27. The van der Waals surface area contributed by atoms with Crippen molar-refractivity contribution < 1.29 is 13.6 Å². The Hall–Kier alpha value is -3.28. The zero-order valence-corrected chi connectivity index (χ0v) is 13.9. The van der Waals surface area contributed by atoms with Crippen molar-refractivity contribution in [1.29, 1.82) is 0 Å². The number of benzene rings is 2. The molecule has 3 rings (SSSR count). The molecule has 1 aromatic heterocycles. The van der Waals surface area contributed by atoms with Crippen LogP contribution in [0.3, 0.4) is 0 Å². The lowest BCUT2D eigenvalue weighted by atomic mass is 10.1. The third-order valence-corrected chi connectivity index (χ3v) is 3.73. The maximum Gasteiger partial charge on any atom is 0.274 e. The van der Waals surface area contributed by atoms with Crippen LogP contribution in [0, 0.1) is 11.6 Å². The van der Waals surface area contributed by atoms with E-state index in [2.05, 4.69) is 15.6 Å². The molecule has 0 radical (unpaired) electrons. The van der Waals surface area contributed by atoms with Gasteiger partial charge in [-0.1, -0.05) is 18.2 Å². The topological polar surface area (TPSA) is 54.0 Å². The summed E-state index contributed by atoms with van der Waals surface area (Å²) in [5, 5.41) is 5.81. The van der Waals surface area contributed by atoms with Crippen LogP contribution >= 0.6 is 0 Å². The lowest BCUT2D eigenvalue weighted by molar-refractivity contribution is 0.102. The summed E-state index contributed by atoms with van der Waals surface area (Å²) in [6.45, 7) is 0.626. The first-order valence-corrected chi connectivity index (χ1v) is 8.11. The van der Waals surface area contributed by atoms with E-state index in [1.165, 1.54) is 36.5 Å². The van der Waals surface area contributed by atoms with Gasteiger partial charge in [-0.2, -0.15) is 0 Å². The summed E-state index contributed by atoms with van der Waals surface area (Å²) in [7, 11) is 0. The molecule has 0 saturated heterocycles. The van der Waals surface area contributed by atoms with Gasteiger partial charge in [0.25, 0.3) is 5.91 Å².